The Morgan fingerprint density at radius 2 is 2.11 bits per heavy atom. The second-order valence-corrected chi connectivity index (χ2v) is 6.66. The zero-order chi connectivity index (χ0) is 13.1. The smallest absolute Gasteiger partial charge is 0.133 e. The van der Waals surface area contributed by atoms with Gasteiger partial charge in [-0.2, -0.15) is 0 Å². The SMILES string of the molecule is CCOc1ccc(C(Cl)c2ccc(Cl)s2)cc1Br. The molecule has 0 radical (unpaired) electrons. The summed E-state index contributed by atoms with van der Waals surface area (Å²) in [5, 5.41) is -0.186. The van der Waals surface area contributed by atoms with Gasteiger partial charge in [0, 0.05) is 4.88 Å². The lowest BCUT2D eigenvalue weighted by molar-refractivity contribution is 0.338. The molecule has 5 heteroatoms. The third kappa shape index (κ3) is 3.21. The predicted molar refractivity (Wildman–Crippen MR) is 82.3 cm³/mol. The number of alkyl halides is 1. The summed E-state index contributed by atoms with van der Waals surface area (Å²) in [7, 11) is 0. The van der Waals surface area contributed by atoms with Gasteiger partial charge in [-0.05, 0) is 52.7 Å². The van der Waals surface area contributed by atoms with Gasteiger partial charge < -0.3 is 4.74 Å². The molecule has 1 aromatic heterocycles. The largest absolute Gasteiger partial charge is 0.493 e. The number of benzene rings is 1. The number of thiophene rings is 1. The Balaban J connectivity index is 2.26. The Hall–Kier alpha value is -0.220. The van der Waals surface area contributed by atoms with Crippen molar-refractivity contribution in [3.05, 3.63) is 49.6 Å². The van der Waals surface area contributed by atoms with Gasteiger partial charge in [0.15, 0.2) is 0 Å². The summed E-state index contributed by atoms with van der Waals surface area (Å²) in [6.45, 7) is 2.60. The molecule has 1 nitrogen and oxygen atoms in total. The quantitative estimate of drug-likeness (QED) is 0.613. The molecule has 1 heterocycles. The lowest BCUT2D eigenvalue weighted by Gasteiger charge is -2.11. The maximum atomic E-state index is 6.44. The fourth-order valence-electron chi connectivity index (χ4n) is 1.58. The first kappa shape index (κ1) is 14.2. The lowest BCUT2D eigenvalue weighted by Crippen LogP contribution is -1.95. The molecule has 0 spiro atoms. The van der Waals surface area contributed by atoms with Crippen LogP contribution in [0, 0.1) is 0 Å². The molecule has 0 aliphatic carbocycles. The zero-order valence-corrected chi connectivity index (χ0v) is 13.5. The van der Waals surface area contributed by atoms with Crippen LogP contribution in [0.4, 0.5) is 0 Å². The van der Waals surface area contributed by atoms with E-state index in [4.69, 9.17) is 27.9 Å². The van der Waals surface area contributed by atoms with Crippen molar-refractivity contribution in [1.82, 2.24) is 0 Å². The standard InChI is InChI=1S/C13H11BrCl2OS/c1-2-17-10-4-3-8(7-9(10)14)13(16)11-5-6-12(15)18-11/h3-7,13H,2H2,1H3. The molecule has 0 saturated carbocycles. The molecular formula is C13H11BrCl2OS. The summed E-state index contributed by atoms with van der Waals surface area (Å²) >= 11 is 17.3. The molecule has 96 valence electrons. The van der Waals surface area contributed by atoms with Crippen LogP contribution in [0.25, 0.3) is 0 Å². The number of hydrogen-bond acceptors (Lipinski definition) is 2. The van der Waals surface area contributed by atoms with Crippen LogP contribution in [0.1, 0.15) is 22.7 Å². The van der Waals surface area contributed by atoms with Gasteiger partial charge in [-0.15, -0.1) is 22.9 Å². The van der Waals surface area contributed by atoms with Crippen LogP contribution in [-0.4, -0.2) is 6.61 Å². The molecular weight excluding hydrogens is 355 g/mol. The van der Waals surface area contributed by atoms with Gasteiger partial charge in [-0.3, -0.25) is 0 Å². The van der Waals surface area contributed by atoms with Gasteiger partial charge in [-0.25, -0.2) is 0 Å². The van der Waals surface area contributed by atoms with E-state index in [0.717, 1.165) is 25.0 Å². The van der Waals surface area contributed by atoms with E-state index in [-0.39, 0.29) is 5.38 Å². The molecule has 0 bridgehead atoms. The molecule has 0 fully saturated rings. The van der Waals surface area contributed by atoms with Gasteiger partial charge in [0.2, 0.25) is 0 Å². The highest BCUT2D eigenvalue weighted by Crippen LogP contribution is 2.38. The van der Waals surface area contributed by atoms with Crippen LogP contribution in [0.2, 0.25) is 4.34 Å². The van der Waals surface area contributed by atoms with Crippen molar-refractivity contribution in [2.45, 2.75) is 12.3 Å². The van der Waals surface area contributed by atoms with Crippen molar-refractivity contribution in [3.63, 3.8) is 0 Å². The van der Waals surface area contributed by atoms with Crippen LogP contribution in [0.5, 0.6) is 5.75 Å². The second kappa shape index (κ2) is 6.29. The summed E-state index contributed by atoms with van der Waals surface area (Å²) in [6, 6.07) is 9.69. The molecule has 0 aliphatic rings. The summed E-state index contributed by atoms with van der Waals surface area (Å²) in [5.41, 5.74) is 1.02. The van der Waals surface area contributed by atoms with Crippen LogP contribution >= 0.6 is 50.5 Å². The maximum absolute atomic E-state index is 6.44. The maximum Gasteiger partial charge on any atom is 0.133 e. The topological polar surface area (TPSA) is 9.23 Å². The van der Waals surface area contributed by atoms with Crippen molar-refractivity contribution in [2.75, 3.05) is 6.61 Å². The van der Waals surface area contributed by atoms with Crippen molar-refractivity contribution >= 4 is 50.5 Å². The molecule has 0 amide bonds. The second-order valence-electron chi connectivity index (χ2n) is 3.63. The van der Waals surface area contributed by atoms with Gasteiger partial charge >= 0.3 is 0 Å². The minimum absolute atomic E-state index is 0.186. The summed E-state index contributed by atoms with van der Waals surface area (Å²) in [6.07, 6.45) is 0. The Morgan fingerprint density at radius 1 is 1.33 bits per heavy atom. The number of ether oxygens (including phenoxy) is 1. The number of hydrogen-bond donors (Lipinski definition) is 0. The summed E-state index contributed by atoms with van der Waals surface area (Å²) in [5.74, 6) is 0.828. The van der Waals surface area contributed by atoms with E-state index in [1.165, 1.54) is 11.3 Å². The highest BCUT2D eigenvalue weighted by atomic mass is 79.9. The minimum atomic E-state index is -0.186. The molecule has 2 rings (SSSR count). The Kier molecular flexibility index (Phi) is 4.96. The summed E-state index contributed by atoms with van der Waals surface area (Å²) in [4.78, 5) is 1.04. The van der Waals surface area contributed by atoms with E-state index in [0.29, 0.717) is 6.61 Å². The zero-order valence-electron chi connectivity index (χ0n) is 9.62. The number of rotatable bonds is 4. The van der Waals surface area contributed by atoms with Crippen LogP contribution in [0.3, 0.4) is 0 Å². The lowest BCUT2D eigenvalue weighted by atomic mass is 10.1. The molecule has 0 N–H and O–H groups in total. The van der Waals surface area contributed by atoms with Gasteiger partial charge in [0.05, 0.1) is 20.8 Å². The predicted octanol–water partition coefficient (Wildman–Crippen LogP) is 5.89. The highest BCUT2D eigenvalue weighted by Gasteiger charge is 2.14. The molecule has 1 atom stereocenters. The minimum Gasteiger partial charge on any atom is -0.493 e. The van der Waals surface area contributed by atoms with Crippen LogP contribution < -0.4 is 4.74 Å². The first-order chi connectivity index (χ1) is 8.61. The Labute approximate surface area is 129 Å². The first-order valence-electron chi connectivity index (χ1n) is 5.43. The normalized spacial score (nSPS) is 12.4. The molecule has 18 heavy (non-hydrogen) atoms. The van der Waals surface area contributed by atoms with E-state index in [1.807, 2.05) is 37.3 Å². The van der Waals surface area contributed by atoms with E-state index in [2.05, 4.69) is 15.9 Å². The van der Waals surface area contributed by atoms with Crippen molar-refractivity contribution in [2.24, 2.45) is 0 Å². The van der Waals surface area contributed by atoms with E-state index >= 15 is 0 Å². The first-order valence-corrected chi connectivity index (χ1v) is 7.85. The Morgan fingerprint density at radius 3 is 2.67 bits per heavy atom. The third-order valence-corrected chi connectivity index (χ3v) is 4.92. The molecule has 1 unspecified atom stereocenters. The molecule has 1 aromatic carbocycles. The molecule has 0 saturated heterocycles. The monoisotopic (exact) mass is 364 g/mol. The Bertz CT molecular complexity index is 542. The van der Waals surface area contributed by atoms with Gasteiger partial charge in [0.1, 0.15) is 5.75 Å². The van der Waals surface area contributed by atoms with E-state index in [1.54, 1.807) is 0 Å². The summed E-state index contributed by atoms with van der Waals surface area (Å²) < 4.78 is 7.14. The fraction of sp³-hybridized carbons (Fsp3) is 0.231. The van der Waals surface area contributed by atoms with Crippen LogP contribution in [-0.2, 0) is 0 Å². The molecule has 2 aromatic rings. The average molecular weight is 366 g/mol. The fourth-order valence-corrected chi connectivity index (χ4v) is 3.50. The van der Waals surface area contributed by atoms with Crippen LogP contribution in [0.15, 0.2) is 34.8 Å². The highest BCUT2D eigenvalue weighted by molar-refractivity contribution is 9.10. The number of halogens is 3. The van der Waals surface area contributed by atoms with E-state index < -0.39 is 0 Å². The average Bonchev–Trinajstić information content (AvgIpc) is 2.78. The van der Waals surface area contributed by atoms with Gasteiger partial charge in [-0.1, -0.05) is 17.7 Å². The van der Waals surface area contributed by atoms with Crippen molar-refractivity contribution in [1.29, 1.82) is 0 Å². The molecule has 0 aliphatic heterocycles. The van der Waals surface area contributed by atoms with Crippen molar-refractivity contribution in [3.8, 4) is 5.75 Å². The van der Waals surface area contributed by atoms with Gasteiger partial charge in [0.25, 0.3) is 0 Å². The van der Waals surface area contributed by atoms with E-state index in [9.17, 15) is 0 Å². The third-order valence-electron chi connectivity index (χ3n) is 2.39. The van der Waals surface area contributed by atoms with Crippen molar-refractivity contribution < 1.29 is 4.74 Å².